The number of nitrogens with zero attached hydrogens (tertiary/aromatic N) is 5. The van der Waals surface area contributed by atoms with Crippen molar-refractivity contribution in [3.8, 4) is 0 Å². The molecule has 0 fully saturated rings. The minimum Gasteiger partial charge on any atom is -0.271 e. The Kier molecular flexibility index (Phi) is 4.84. The smallest absolute Gasteiger partial charge is 0.246 e. The predicted octanol–water partition coefficient (Wildman–Crippen LogP) is 1.61. The summed E-state index contributed by atoms with van der Waals surface area (Å²) in [4.78, 5) is 0.205. The van der Waals surface area contributed by atoms with Gasteiger partial charge in [0.05, 0.1) is 29.1 Å². The molecule has 0 atom stereocenters. The molecule has 0 aliphatic rings. The zero-order valence-electron chi connectivity index (χ0n) is 12.2. The summed E-state index contributed by atoms with van der Waals surface area (Å²) in [5, 5.41) is 8.16. The summed E-state index contributed by atoms with van der Waals surface area (Å²) < 4.78 is 30.4. The van der Waals surface area contributed by atoms with Crippen LogP contribution in [-0.4, -0.2) is 39.3 Å². The van der Waals surface area contributed by atoms with Crippen molar-refractivity contribution in [2.45, 2.75) is 31.3 Å². The molecule has 0 saturated carbocycles. The van der Waals surface area contributed by atoms with E-state index in [1.54, 1.807) is 35.9 Å². The number of hydrogen-bond donors (Lipinski definition) is 0. The van der Waals surface area contributed by atoms with E-state index in [1.807, 2.05) is 6.92 Å². The molecule has 0 unspecified atom stereocenters. The first-order chi connectivity index (χ1) is 9.86. The number of halogens is 1. The van der Waals surface area contributed by atoms with E-state index < -0.39 is 10.0 Å². The lowest BCUT2D eigenvalue weighted by Crippen LogP contribution is -2.27. The highest BCUT2D eigenvalue weighted by atomic mass is 79.9. The number of aryl methyl sites for hydroxylation is 2. The van der Waals surface area contributed by atoms with Gasteiger partial charge in [0.15, 0.2) is 0 Å². The van der Waals surface area contributed by atoms with E-state index in [0.29, 0.717) is 6.54 Å². The highest BCUT2D eigenvalue weighted by Gasteiger charge is 2.24. The van der Waals surface area contributed by atoms with E-state index in [9.17, 15) is 8.42 Å². The Hall–Kier alpha value is -1.19. The number of sulfonamides is 1. The zero-order chi connectivity index (χ0) is 15.6. The molecule has 9 heteroatoms. The summed E-state index contributed by atoms with van der Waals surface area (Å²) in [7, 11) is -0.233. The van der Waals surface area contributed by atoms with Crippen LogP contribution in [0.5, 0.6) is 0 Å². The SMILES string of the molecule is CCCn1cc(S(=O)(=O)N(C)Cc2c(Br)cnn2C)cn1. The fourth-order valence-corrected chi connectivity index (χ4v) is 3.48. The molecule has 0 N–H and O–H groups in total. The van der Waals surface area contributed by atoms with Crippen LogP contribution in [0.3, 0.4) is 0 Å². The molecule has 0 bridgehead atoms. The summed E-state index contributed by atoms with van der Waals surface area (Å²) in [6.07, 6.45) is 5.50. The van der Waals surface area contributed by atoms with Crippen molar-refractivity contribution >= 4 is 26.0 Å². The van der Waals surface area contributed by atoms with E-state index in [2.05, 4.69) is 26.1 Å². The second-order valence-electron chi connectivity index (χ2n) is 4.76. The van der Waals surface area contributed by atoms with Gasteiger partial charge >= 0.3 is 0 Å². The van der Waals surface area contributed by atoms with E-state index in [1.165, 1.54) is 10.5 Å². The molecule has 0 aromatic carbocycles. The predicted molar refractivity (Wildman–Crippen MR) is 82.1 cm³/mol. The molecule has 2 aromatic rings. The molecule has 116 valence electrons. The maximum Gasteiger partial charge on any atom is 0.246 e. The lowest BCUT2D eigenvalue weighted by Gasteiger charge is -2.16. The minimum atomic E-state index is -3.56. The molecular weight excluding hydrogens is 358 g/mol. The van der Waals surface area contributed by atoms with Gasteiger partial charge in [-0.1, -0.05) is 6.92 Å². The highest BCUT2D eigenvalue weighted by molar-refractivity contribution is 9.10. The molecular formula is C12H18BrN5O2S. The highest BCUT2D eigenvalue weighted by Crippen LogP contribution is 2.20. The van der Waals surface area contributed by atoms with E-state index in [-0.39, 0.29) is 11.4 Å². The second kappa shape index (κ2) is 6.29. The average Bonchev–Trinajstić information content (AvgIpc) is 3.01. The Balaban J connectivity index is 2.22. The summed E-state index contributed by atoms with van der Waals surface area (Å²) in [6.45, 7) is 2.95. The van der Waals surface area contributed by atoms with Crippen LogP contribution in [0.1, 0.15) is 19.0 Å². The topological polar surface area (TPSA) is 73.0 Å². The fourth-order valence-electron chi connectivity index (χ4n) is 1.92. The Morgan fingerprint density at radius 2 is 2.05 bits per heavy atom. The van der Waals surface area contributed by atoms with Gasteiger partial charge in [0.2, 0.25) is 10.0 Å². The van der Waals surface area contributed by atoms with Crippen LogP contribution in [0.15, 0.2) is 28.0 Å². The fraction of sp³-hybridized carbons (Fsp3) is 0.500. The van der Waals surface area contributed by atoms with Gasteiger partial charge in [-0.2, -0.15) is 14.5 Å². The van der Waals surface area contributed by atoms with E-state index in [4.69, 9.17) is 0 Å². The molecule has 2 heterocycles. The first-order valence-electron chi connectivity index (χ1n) is 6.51. The Labute approximate surface area is 132 Å². The van der Waals surface area contributed by atoms with Gasteiger partial charge in [0.25, 0.3) is 0 Å². The lowest BCUT2D eigenvalue weighted by atomic mass is 10.4. The van der Waals surface area contributed by atoms with Gasteiger partial charge in [0, 0.05) is 26.8 Å². The van der Waals surface area contributed by atoms with Crippen LogP contribution < -0.4 is 0 Å². The summed E-state index contributed by atoms with van der Waals surface area (Å²) >= 11 is 3.37. The Morgan fingerprint density at radius 3 is 2.62 bits per heavy atom. The van der Waals surface area contributed by atoms with Crippen LogP contribution in [0.4, 0.5) is 0 Å². The summed E-state index contributed by atoms with van der Waals surface area (Å²) in [6, 6.07) is 0. The normalized spacial score (nSPS) is 12.2. The first-order valence-corrected chi connectivity index (χ1v) is 8.74. The molecule has 0 aliphatic carbocycles. The zero-order valence-corrected chi connectivity index (χ0v) is 14.6. The molecule has 0 saturated heterocycles. The van der Waals surface area contributed by atoms with Crippen molar-refractivity contribution < 1.29 is 8.42 Å². The summed E-state index contributed by atoms with van der Waals surface area (Å²) in [5.74, 6) is 0. The molecule has 0 radical (unpaired) electrons. The van der Waals surface area contributed by atoms with Crippen molar-refractivity contribution in [3.63, 3.8) is 0 Å². The van der Waals surface area contributed by atoms with Gasteiger partial charge in [-0.15, -0.1) is 0 Å². The third-order valence-electron chi connectivity index (χ3n) is 3.15. The van der Waals surface area contributed by atoms with Crippen LogP contribution >= 0.6 is 15.9 Å². The second-order valence-corrected chi connectivity index (χ2v) is 7.66. The third kappa shape index (κ3) is 3.35. The molecule has 0 amide bonds. The summed E-state index contributed by atoms with van der Waals surface area (Å²) in [5.41, 5.74) is 0.794. The van der Waals surface area contributed by atoms with Gasteiger partial charge in [0.1, 0.15) is 4.90 Å². The van der Waals surface area contributed by atoms with Crippen molar-refractivity contribution in [1.82, 2.24) is 23.9 Å². The van der Waals surface area contributed by atoms with E-state index in [0.717, 1.165) is 16.6 Å². The van der Waals surface area contributed by atoms with Crippen LogP contribution in [-0.2, 0) is 30.2 Å². The van der Waals surface area contributed by atoms with Crippen LogP contribution in [0.25, 0.3) is 0 Å². The number of rotatable bonds is 6. The van der Waals surface area contributed by atoms with Gasteiger partial charge in [-0.05, 0) is 22.4 Å². The lowest BCUT2D eigenvalue weighted by molar-refractivity contribution is 0.452. The largest absolute Gasteiger partial charge is 0.271 e. The van der Waals surface area contributed by atoms with Crippen LogP contribution in [0.2, 0.25) is 0 Å². The quantitative estimate of drug-likeness (QED) is 0.768. The average molecular weight is 376 g/mol. The van der Waals surface area contributed by atoms with Gasteiger partial charge in [-0.3, -0.25) is 9.36 Å². The maximum atomic E-state index is 12.5. The van der Waals surface area contributed by atoms with E-state index >= 15 is 0 Å². The third-order valence-corrected chi connectivity index (χ3v) is 5.57. The van der Waals surface area contributed by atoms with Crippen molar-refractivity contribution in [3.05, 3.63) is 28.8 Å². The molecule has 0 aliphatic heterocycles. The van der Waals surface area contributed by atoms with Crippen molar-refractivity contribution in [1.29, 1.82) is 0 Å². The number of aromatic nitrogens is 4. The molecule has 2 rings (SSSR count). The minimum absolute atomic E-state index is 0.205. The van der Waals surface area contributed by atoms with Crippen molar-refractivity contribution in [2.24, 2.45) is 7.05 Å². The van der Waals surface area contributed by atoms with Crippen LogP contribution in [0, 0.1) is 0 Å². The van der Waals surface area contributed by atoms with Gasteiger partial charge in [-0.25, -0.2) is 8.42 Å². The van der Waals surface area contributed by atoms with Gasteiger partial charge < -0.3 is 0 Å². The Morgan fingerprint density at radius 1 is 1.33 bits per heavy atom. The first kappa shape index (κ1) is 16.2. The Bertz CT molecular complexity index is 702. The standard InChI is InChI=1S/C12H18BrN5O2S/c1-4-5-18-8-10(6-15-18)21(19,20)16(2)9-12-11(13)7-14-17(12)3/h6-8H,4-5,9H2,1-3H3. The number of hydrogen-bond acceptors (Lipinski definition) is 4. The molecule has 2 aromatic heterocycles. The molecule has 0 spiro atoms. The molecule has 21 heavy (non-hydrogen) atoms. The van der Waals surface area contributed by atoms with Crippen molar-refractivity contribution in [2.75, 3.05) is 7.05 Å². The molecule has 7 nitrogen and oxygen atoms in total. The monoisotopic (exact) mass is 375 g/mol. The maximum absolute atomic E-state index is 12.5.